The highest BCUT2D eigenvalue weighted by atomic mass is 19.3. The Morgan fingerprint density at radius 3 is 2.61 bits per heavy atom. The molecule has 1 aromatic carbocycles. The van der Waals surface area contributed by atoms with Crippen molar-refractivity contribution in [3.63, 3.8) is 0 Å². The van der Waals surface area contributed by atoms with Gasteiger partial charge in [-0.2, -0.15) is 8.78 Å². The maximum atomic E-state index is 12.4. The second-order valence-electron chi connectivity index (χ2n) is 4.02. The van der Waals surface area contributed by atoms with Gasteiger partial charge in [0.2, 0.25) is 0 Å². The van der Waals surface area contributed by atoms with E-state index in [0.29, 0.717) is 23.9 Å². The quantitative estimate of drug-likeness (QED) is 0.815. The first-order valence-electron chi connectivity index (χ1n) is 5.92. The van der Waals surface area contributed by atoms with Crippen molar-refractivity contribution in [3.05, 3.63) is 23.8 Å². The number of hydrogen-bond donors (Lipinski definition) is 1. The Morgan fingerprint density at radius 1 is 1.33 bits per heavy atom. The smallest absolute Gasteiger partial charge is 0.387 e. The molecule has 0 saturated heterocycles. The fourth-order valence-corrected chi connectivity index (χ4v) is 1.51. The van der Waals surface area contributed by atoms with Crippen molar-refractivity contribution < 1.29 is 18.3 Å². The minimum absolute atomic E-state index is 0.103. The molecule has 102 valence electrons. The Bertz CT molecular complexity index is 372. The van der Waals surface area contributed by atoms with Gasteiger partial charge in [0.05, 0.1) is 7.11 Å². The van der Waals surface area contributed by atoms with E-state index in [1.807, 2.05) is 6.92 Å². The summed E-state index contributed by atoms with van der Waals surface area (Å²) in [5, 5.41) is 3.23. The van der Waals surface area contributed by atoms with Gasteiger partial charge >= 0.3 is 6.61 Å². The number of ether oxygens (including phenoxy) is 2. The van der Waals surface area contributed by atoms with Crippen LogP contribution in [0.2, 0.25) is 0 Å². The lowest BCUT2D eigenvalue weighted by atomic mass is 10.1. The molecule has 0 aliphatic rings. The van der Waals surface area contributed by atoms with Crippen LogP contribution < -0.4 is 14.8 Å². The van der Waals surface area contributed by atoms with Crippen molar-refractivity contribution in [2.75, 3.05) is 7.11 Å². The van der Waals surface area contributed by atoms with Gasteiger partial charge in [-0.25, -0.2) is 0 Å². The summed E-state index contributed by atoms with van der Waals surface area (Å²) in [7, 11) is 1.43. The number of para-hydroxylation sites is 1. The van der Waals surface area contributed by atoms with E-state index < -0.39 is 6.61 Å². The van der Waals surface area contributed by atoms with E-state index in [1.54, 1.807) is 18.2 Å². The molecular weight excluding hydrogens is 240 g/mol. The highest BCUT2D eigenvalue weighted by molar-refractivity contribution is 5.46. The van der Waals surface area contributed by atoms with Crippen LogP contribution in [0, 0.1) is 0 Å². The Hall–Kier alpha value is -1.36. The van der Waals surface area contributed by atoms with E-state index in [-0.39, 0.29) is 5.75 Å². The van der Waals surface area contributed by atoms with Crippen molar-refractivity contribution in [2.24, 2.45) is 0 Å². The van der Waals surface area contributed by atoms with Crippen molar-refractivity contribution >= 4 is 0 Å². The van der Waals surface area contributed by atoms with Crippen LogP contribution in [-0.4, -0.2) is 19.8 Å². The Kier molecular flexibility index (Phi) is 5.85. The molecule has 1 aromatic rings. The number of alkyl halides is 2. The molecule has 1 atom stereocenters. The third kappa shape index (κ3) is 4.14. The van der Waals surface area contributed by atoms with Gasteiger partial charge in [-0.1, -0.05) is 19.1 Å². The zero-order valence-electron chi connectivity index (χ0n) is 10.9. The average molecular weight is 259 g/mol. The van der Waals surface area contributed by atoms with E-state index in [9.17, 15) is 8.78 Å². The predicted molar refractivity (Wildman–Crippen MR) is 66.2 cm³/mol. The SMILES string of the molecule is CCC(C)NCc1cccc(OC)c1OC(F)F. The number of methoxy groups -OCH3 is 1. The largest absolute Gasteiger partial charge is 0.493 e. The first kappa shape index (κ1) is 14.7. The molecule has 0 spiro atoms. The molecule has 0 saturated carbocycles. The lowest BCUT2D eigenvalue weighted by Gasteiger charge is -2.16. The van der Waals surface area contributed by atoms with Crippen LogP contribution in [0.25, 0.3) is 0 Å². The zero-order valence-corrected chi connectivity index (χ0v) is 10.9. The maximum absolute atomic E-state index is 12.4. The molecule has 0 radical (unpaired) electrons. The molecule has 0 aromatic heterocycles. The molecule has 1 N–H and O–H groups in total. The first-order valence-corrected chi connectivity index (χ1v) is 5.92. The molecule has 0 fully saturated rings. The summed E-state index contributed by atoms with van der Waals surface area (Å²) in [4.78, 5) is 0. The Labute approximate surface area is 106 Å². The summed E-state index contributed by atoms with van der Waals surface area (Å²) in [6.07, 6.45) is 0.967. The van der Waals surface area contributed by atoms with Crippen molar-refractivity contribution in [1.29, 1.82) is 0 Å². The second kappa shape index (κ2) is 7.16. The minimum Gasteiger partial charge on any atom is -0.493 e. The third-order valence-corrected chi connectivity index (χ3v) is 2.74. The summed E-state index contributed by atoms with van der Waals surface area (Å²) < 4.78 is 34.3. The monoisotopic (exact) mass is 259 g/mol. The van der Waals surface area contributed by atoms with Gasteiger partial charge in [0.15, 0.2) is 11.5 Å². The maximum Gasteiger partial charge on any atom is 0.387 e. The van der Waals surface area contributed by atoms with Gasteiger partial charge in [-0.05, 0) is 19.4 Å². The molecule has 1 rings (SSSR count). The van der Waals surface area contributed by atoms with Crippen LogP contribution in [0.5, 0.6) is 11.5 Å². The van der Waals surface area contributed by atoms with Gasteiger partial charge in [-0.3, -0.25) is 0 Å². The van der Waals surface area contributed by atoms with Gasteiger partial charge in [-0.15, -0.1) is 0 Å². The predicted octanol–water partition coefficient (Wildman–Crippen LogP) is 3.18. The van der Waals surface area contributed by atoms with Crippen LogP contribution in [0.3, 0.4) is 0 Å². The highest BCUT2D eigenvalue weighted by Gasteiger charge is 2.15. The van der Waals surface area contributed by atoms with Gasteiger partial charge in [0.1, 0.15) is 0 Å². The van der Waals surface area contributed by atoms with Crippen molar-refractivity contribution in [3.8, 4) is 11.5 Å². The zero-order chi connectivity index (χ0) is 13.5. The standard InChI is InChI=1S/C13H19F2NO2/c1-4-9(2)16-8-10-6-5-7-11(17-3)12(10)18-13(14)15/h5-7,9,13,16H,4,8H2,1-3H3. The van der Waals surface area contributed by atoms with Crippen molar-refractivity contribution in [2.45, 2.75) is 39.5 Å². The molecule has 0 heterocycles. The molecule has 18 heavy (non-hydrogen) atoms. The lowest BCUT2D eigenvalue weighted by molar-refractivity contribution is -0.0518. The number of halogens is 2. The van der Waals surface area contributed by atoms with Crippen molar-refractivity contribution in [1.82, 2.24) is 5.32 Å². The fourth-order valence-electron chi connectivity index (χ4n) is 1.51. The van der Waals surface area contributed by atoms with E-state index in [2.05, 4.69) is 17.0 Å². The summed E-state index contributed by atoms with van der Waals surface area (Å²) in [6, 6.07) is 5.42. The molecular formula is C13H19F2NO2. The molecule has 3 nitrogen and oxygen atoms in total. The average Bonchev–Trinajstić information content (AvgIpc) is 2.36. The molecule has 0 bridgehead atoms. The van der Waals surface area contributed by atoms with Gasteiger partial charge in [0.25, 0.3) is 0 Å². The van der Waals surface area contributed by atoms with Crippen LogP contribution >= 0.6 is 0 Å². The molecule has 1 unspecified atom stereocenters. The third-order valence-electron chi connectivity index (χ3n) is 2.74. The fraction of sp³-hybridized carbons (Fsp3) is 0.538. The van der Waals surface area contributed by atoms with Crippen LogP contribution in [0.1, 0.15) is 25.8 Å². The van der Waals surface area contributed by atoms with E-state index in [0.717, 1.165) is 6.42 Å². The lowest BCUT2D eigenvalue weighted by Crippen LogP contribution is -2.25. The van der Waals surface area contributed by atoms with E-state index >= 15 is 0 Å². The first-order chi connectivity index (χ1) is 8.58. The minimum atomic E-state index is -2.86. The number of nitrogens with one attached hydrogen (secondary N) is 1. The van der Waals surface area contributed by atoms with Crippen LogP contribution in [0.4, 0.5) is 8.78 Å². The molecule has 5 heteroatoms. The van der Waals surface area contributed by atoms with Crippen LogP contribution in [-0.2, 0) is 6.54 Å². The van der Waals surface area contributed by atoms with Gasteiger partial charge in [0, 0.05) is 18.2 Å². The second-order valence-corrected chi connectivity index (χ2v) is 4.02. The number of rotatable bonds is 7. The molecule has 0 amide bonds. The topological polar surface area (TPSA) is 30.5 Å². The van der Waals surface area contributed by atoms with E-state index in [4.69, 9.17) is 4.74 Å². The van der Waals surface area contributed by atoms with Crippen LogP contribution in [0.15, 0.2) is 18.2 Å². The Balaban J connectivity index is 2.87. The number of benzene rings is 1. The molecule has 0 aliphatic carbocycles. The number of hydrogen-bond acceptors (Lipinski definition) is 3. The normalized spacial score (nSPS) is 12.6. The summed E-state index contributed by atoms with van der Waals surface area (Å²) in [5.74, 6) is 0.421. The summed E-state index contributed by atoms with van der Waals surface area (Å²) in [5.41, 5.74) is 0.662. The van der Waals surface area contributed by atoms with E-state index in [1.165, 1.54) is 7.11 Å². The summed E-state index contributed by atoms with van der Waals surface area (Å²) in [6.45, 7) is 1.70. The highest BCUT2D eigenvalue weighted by Crippen LogP contribution is 2.32. The summed E-state index contributed by atoms with van der Waals surface area (Å²) >= 11 is 0. The molecule has 0 aliphatic heterocycles. The van der Waals surface area contributed by atoms with Gasteiger partial charge < -0.3 is 14.8 Å². The Morgan fingerprint density at radius 2 is 2.06 bits per heavy atom.